The Hall–Kier alpha value is -1.47. The van der Waals surface area contributed by atoms with Gasteiger partial charge in [-0.05, 0) is 64.6 Å². The third-order valence-electron chi connectivity index (χ3n) is 5.45. The fourth-order valence-corrected chi connectivity index (χ4v) is 3.17. The Bertz CT molecular complexity index is 648. The summed E-state index contributed by atoms with van der Waals surface area (Å²) in [5, 5.41) is 0. The van der Waals surface area contributed by atoms with Gasteiger partial charge >= 0.3 is 7.12 Å². The van der Waals surface area contributed by atoms with Crippen molar-refractivity contribution < 1.29 is 22.9 Å². The molecule has 0 N–H and O–H groups in total. The molecule has 1 aromatic carbocycles. The van der Waals surface area contributed by atoms with Gasteiger partial charge in [0.2, 0.25) is 0 Å². The van der Waals surface area contributed by atoms with E-state index in [-0.39, 0.29) is 5.46 Å². The number of carbonyl (C=O) groups is 1. The highest BCUT2D eigenvalue weighted by Gasteiger charge is 2.52. The number of hydrogen-bond donors (Lipinski definition) is 0. The molecule has 0 spiro atoms. The highest BCUT2D eigenvalue weighted by molar-refractivity contribution is 6.62. The van der Waals surface area contributed by atoms with Crippen LogP contribution in [0.25, 0.3) is 0 Å². The zero-order valence-electron chi connectivity index (χ0n) is 15.2. The van der Waals surface area contributed by atoms with Crippen molar-refractivity contribution in [1.82, 2.24) is 4.90 Å². The van der Waals surface area contributed by atoms with Gasteiger partial charge in [-0.3, -0.25) is 4.79 Å². The SMILES string of the molecule is CC1(C)OB(c2cc(F)c(C(=O)N3CCCCC3)c(F)c2)OC1(C)C. The molecule has 25 heavy (non-hydrogen) atoms. The van der Waals surface area contributed by atoms with Crippen molar-refractivity contribution in [3.05, 3.63) is 29.3 Å². The van der Waals surface area contributed by atoms with Crippen LogP contribution in [0.3, 0.4) is 0 Å². The molecule has 3 rings (SSSR count). The maximum absolute atomic E-state index is 14.6. The van der Waals surface area contributed by atoms with Crippen LogP contribution in [-0.4, -0.2) is 42.2 Å². The Morgan fingerprint density at radius 3 is 1.96 bits per heavy atom. The van der Waals surface area contributed by atoms with Gasteiger partial charge in [-0.15, -0.1) is 0 Å². The number of piperidine rings is 1. The summed E-state index contributed by atoms with van der Waals surface area (Å²) in [5.41, 5.74) is -1.47. The van der Waals surface area contributed by atoms with E-state index in [0.717, 1.165) is 31.4 Å². The summed E-state index contributed by atoms with van der Waals surface area (Å²) < 4.78 is 40.8. The molecule has 0 bridgehead atoms. The molecule has 0 radical (unpaired) electrons. The first-order chi connectivity index (χ1) is 11.6. The zero-order chi connectivity index (χ0) is 18.4. The first-order valence-electron chi connectivity index (χ1n) is 8.76. The van der Waals surface area contributed by atoms with Crippen molar-refractivity contribution in [3.63, 3.8) is 0 Å². The quantitative estimate of drug-likeness (QED) is 0.770. The van der Waals surface area contributed by atoms with Crippen molar-refractivity contribution in [2.24, 2.45) is 0 Å². The number of halogens is 2. The van der Waals surface area contributed by atoms with Crippen LogP contribution < -0.4 is 5.46 Å². The van der Waals surface area contributed by atoms with Crippen molar-refractivity contribution in [2.45, 2.75) is 58.2 Å². The molecule has 2 fully saturated rings. The van der Waals surface area contributed by atoms with Gasteiger partial charge in [0.15, 0.2) is 0 Å². The molecule has 7 heteroatoms. The Labute approximate surface area is 147 Å². The first kappa shape index (κ1) is 18.3. The average Bonchev–Trinajstić information content (AvgIpc) is 2.75. The van der Waals surface area contributed by atoms with Crippen LogP contribution in [0.4, 0.5) is 8.78 Å². The fraction of sp³-hybridized carbons (Fsp3) is 0.611. The lowest BCUT2D eigenvalue weighted by Crippen LogP contribution is -2.41. The summed E-state index contributed by atoms with van der Waals surface area (Å²) in [7, 11) is -0.867. The van der Waals surface area contributed by atoms with Crippen LogP contribution in [0.5, 0.6) is 0 Å². The minimum Gasteiger partial charge on any atom is -0.399 e. The summed E-state index contributed by atoms with van der Waals surface area (Å²) in [6.07, 6.45) is 2.76. The molecule has 136 valence electrons. The van der Waals surface area contributed by atoms with Crippen LogP contribution >= 0.6 is 0 Å². The number of carbonyl (C=O) groups excluding carboxylic acids is 1. The topological polar surface area (TPSA) is 38.8 Å². The normalized spacial score (nSPS) is 22.3. The molecule has 0 aliphatic carbocycles. The molecular weight excluding hydrogens is 327 g/mol. The molecule has 0 saturated carbocycles. The molecule has 2 heterocycles. The molecule has 2 aliphatic rings. The minimum absolute atomic E-state index is 0.240. The van der Waals surface area contributed by atoms with Crippen LogP contribution in [0.15, 0.2) is 12.1 Å². The van der Waals surface area contributed by atoms with Gasteiger partial charge in [-0.1, -0.05) is 0 Å². The standard InChI is InChI=1S/C18H24BF2NO3/c1-17(2)18(3,4)25-19(24-17)12-10-13(20)15(14(21)11-12)16(23)22-8-6-5-7-9-22/h10-11H,5-9H2,1-4H3. The van der Waals surface area contributed by atoms with E-state index in [1.807, 2.05) is 27.7 Å². The van der Waals surface area contributed by atoms with E-state index in [9.17, 15) is 13.6 Å². The fourth-order valence-electron chi connectivity index (χ4n) is 3.17. The largest absolute Gasteiger partial charge is 0.495 e. The van der Waals surface area contributed by atoms with Gasteiger partial charge in [0, 0.05) is 13.1 Å². The second-order valence-corrected chi connectivity index (χ2v) is 7.80. The van der Waals surface area contributed by atoms with Crippen LogP contribution in [0.1, 0.15) is 57.3 Å². The van der Waals surface area contributed by atoms with E-state index in [2.05, 4.69) is 0 Å². The Morgan fingerprint density at radius 1 is 1.00 bits per heavy atom. The van der Waals surface area contributed by atoms with E-state index in [1.165, 1.54) is 4.90 Å². The second kappa shape index (κ2) is 6.36. The molecule has 0 atom stereocenters. The summed E-state index contributed by atoms with van der Waals surface area (Å²) in [6, 6.07) is 2.28. The zero-order valence-corrected chi connectivity index (χ0v) is 15.2. The Kier molecular flexibility index (Phi) is 4.66. The van der Waals surface area contributed by atoms with Gasteiger partial charge in [-0.2, -0.15) is 0 Å². The maximum Gasteiger partial charge on any atom is 0.495 e. The third-order valence-corrected chi connectivity index (χ3v) is 5.45. The van der Waals surface area contributed by atoms with Crippen LogP contribution in [-0.2, 0) is 9.31 Å². The molecule has 0 unspecified atom stereocenters. The average molecular weight is 351 g/mol. The predicted octanol–water partition coefficient (Wildman–Crippen LogP) is 2.89. The van der Waals surface area contributed by atoms with Crippen molar-refractivity contribution >= 4 is 18.5 Å². The molecular formula is C18H24BF2NO3. The molecule has 1 amide bonds. The summed E-state index contributed by atoms with van der Waals surface area (Å²) in [4.78, 5) is 14.0. The maximum atomic E-state index is 14.6. The lowest BCUT2D eigenvalue weighted by molar-refractivity contribution is 0.00578. The minimum atomic E-state index is -0.875. The van der Waals surface area contributed by atoms with Gasteiger partial charge in [0.05, 0.1) is 11.2 Å². The first-order valence-corrected chi connectivity index (χ1v) is 8.76. The monoisotopic (exact) mass is 351 g/mol. The van der Waals surface area contributed by atoms with E-state index in [0.29, 0.717) is 13.1 Å². The van der Waals surface area contributed by atoms with Gasteiger partial charge < -0.3 is 14.2 Å². The summed E-state index contributed by atoms with van der Waals surface area (Å²) in [5.74, 6) is -2.34. The van der Waals surface area contributed by atoms with E-state index >= 15 is 0 Å². The number of nitrogens with zero attached hydrogens (tertiary/aromatic N) is 1. The molecule has 1 aromatic rings. The summed E-state index contributed by atoms with van der Waals surface area (Å²) >= 11 is 0. The lowest BCUT2D eigenvalue weighted by atomic mass is 9.78. The number of benzene rings is 1. The Morgan fingerprint density at radius 2 is 1.48 bits per heavy atom. The molecule has 0 aromatic heterocycles. The number of hydrogen-bond acceptors (Lipinski definition) is 3. The Balaban J connectivity index is 1.87. The third kappa shape index (κ3) is 3.32. The van der Waals surface area contributed by atoms with Gasteiger partial charge in [0.25, 0.3) is 5.91 Å². The smallest absolute Gasteiger partial charge is 0.399 e. The van der Waals surface area contributed by atoms with Gasteiger partial charge in [0.1, 0.15) is 17.2 Å². The number of likely N-dealkylation sites (tertiary alicyclic amines) is 1. The highest BCUT2D eigenvalue weighted by atomic mass is 19.1. The van der Waals surface area contributed by atoms with Crippen LogP contribution in [0, 0.1) is 11.6 Å². The summed E-state index contributed by atoms with van der Waals surface area (Å²) in [6.45, 7) is 8.55. The molecule has 4 nitrogen and oxygen atoms in total. The van der Waals surface area contributed by atoms with Gasteiger partial charge in [-0.25, -0.2) is 8.78 Å². The van der Waals surface area contributed by atoms with Crippen molar-refractivity contribution in [1.29, 1.82) is 0 Å². The van der Waals surface area contributed by atoms with E-state index < -0.39 is 41.4 Å². The van der Waals surface area contributed by atoms with Crippen molar-refractivity contribution in [2.75, 3.05) is 13.1 Å². The lowest BCUT2D eigenvalue weighted by Gasteiger charge is -2.32. The van der Waals surface area contributed by atoms with Crippen molar-refractivity contribution in [3.8, 4) is 0 Å². The predicted molar refractivity (Wildman–Crippen MR) is 91.8 cm³/mol. The molecule has 2 saturated heterocycles. The second-order valence-electron chi connectivity index (χ2n) is 7.80. The number of rotatable bonds is 2. The highest BCUT2D eigenvalue weighted by Crippen LogP contribution is 2.36. The van der Waals surface area contributed by atoms with E-state index in [4.69, 9.17) is 9.31 Å². The molecule has 2 aliphatic heterocycles. The van der Waals surface area contributed by atoms with Crippen LogP contribution in [0.2, 0.25) is 0 Å². The number of amides is 1. The van der Waals surface area contributed by atoms with E-state index in [1.54, 1.807) is 0 Å².